The number of nitrogens with zero attached hydrogens (tertiary/aromatic N) is 2. The molecule has 3 fully saturated rings. The van der Waals surface area contributed by atoms with E-state index in [4.69, 9.17) is 9.47 Å². The average molecular weight is 387 g/mol. The summed E-state index contributed by atoms with van der Waals surface area (Å²) >= 11 is 0. The first kappa shape index (κ1) is 19.2. The number of hydrogen-bond donors (Lipinski definition) is 1. The van der Waals surface area contributed by atoms with Crippen molar-refractivity contribution in [3.63, 3.8) is 0 Å². The molecule has 2 unspecified atom stereocenters. The van der Waals surface area contributed by atoms with Gasteiger partial charge in [-0.2, -0.15) is 0 Å². The quantitative estimate of drug-likeness (QED) is 0.824. The number of benzene rings is 1. The van der Waals surface area contributed by atoms with Crippen LogP contribution in [0.5, 0.6) is 5.75 Å². The van der Waals surface area contributed by atoms with Crippen LogP contribution in [0.25, 0.3) is 0 Å². The smallest absolute Gasteiger partial charge is 0.253 e. The van der Waals surface area contributed by atoms with Crippen LogP contribution >= 0.6 is 0 Å². The fraction of sp³-hybridized carbons (Fsp3) is 0.619. The number of hydrogen-bond acceptors (Lipinski definition) is 5. The van der Waals surface area contributed by atoms with E-state index in [0.717, 1.165) is 57.7 Å². The van der Waals surface area contributed by atoms with Crippen LogP contribution in [0.3, 0.4) is 0 Å². The van der Waals surface area contributed by atoms with Crippen molar-refractivity contribution in [1.82, 2.24) is 15.1 Å². The number of ether oxygens (including phenoxy) is 2. The highest BCUT2D eigenvalue weighted by atomic mass is 16.5. The maximum Gasteiger partial charge on any atom is 0.253 e. The molecule has 0 bridgehead atoms. The van der Waals surface area contributed by atoms with Crippen molar-refractivity contribution >= 4 is 11.8 Å². The monoisotopic (exact) mass is 387 g/mol. The summed E-state index contributed by atoms with van der Waals surface area (Å²) in [6, 6.07) is 7.48. The summed E-state index contributed by atoms with van der Waals surface area (Å²) in [5, 5.41) is 3.11. The number of rotatable bonds is 5. The second kappa shape index (κ2) is 8.92. The molecule has 3 saturated heterocycles. The Morgan fingerprint density at radius 2 is 2.04 bits per heavy atom. The second-order valence-electron chi connectivity index (χ2n) is 7.78. The Morgan fingerprint density at radius 3 is 2.79 bits per heavy atom. The van der Waals surface area contributed by atoms with Gasteiger partial charge < -0.3 is 24.6 Å². The first-order valence-corrected chi connectivity index (χ1v) is 10.3. The second-order valence-corrected chi connectivity index (χ2v) is 7.78. The van der Waals surface area contributed by atoms with Gasteiger partial charge in [-0.05, 0) is 49.9 Å². The van der Waals surface area contributed by atoms with E-state index >= 15 is 0 Å². The van der Waals surface area contributed by atoms with Gasteiger partial charge in [-0.3, -0.25) is 9.59 Å². The maximum atomic E-state index is 12.9. The van der Waals surface area contributed by atoms with Crippen LogP contribution in [0.1, 0.15) is 36.0 Å². The minimum absolute atomic E-state index is 0.0259. The molecule has 7 nitrogen and oxygen atoms in total. The van der Waals surface area contributed by atoms with E-state index in [-0.39, 0.29) is 24.0 Å². The predicted molar refractivity (Wildman–Crippen MR) is 104 cm³/mol. The van der Waals surface area contributed by atoms with Crippen molar-refractivity contribution in [2.45, 2.75) is 37.8 Å². The summed E-state index contributed by atoms with van der Waals surface area (Å²) in [5.74, 6) is 0.922. The third-order valence-electron chi connectivity index (χ3n) is 5.81. The first-order valence-electron chi connectivity index (χ1n) is 10.3. The molecule has 3 aliphatic rings. The number of likely N-dealkylation sites (tertiary alicyclic amines) is 1. The van der Waals surface area contributed by atoms with Gasteiger partial charge in [-0.25, -0.2) is 0 Å². The largest absolute Gasteiger partial charge is 0.491 e. The molecular formula is C21H29N3O4. The van der Waals surface area contributed by atoms with Gasteiger partial charge in [0.25, 0.3) is 5.91 Å². The minimum atomic E-state index is 0.0259. The lowest BCUT2D eigenvalue weighted by Gasteiger charge is -2.41. The highest BCUT2D eigenvalue weighted by molar-refractivity contribution is 5.94. The lowest BCUT2D eigenvalue weighted by atomic mass is 10.0. The third kappa shape index (κ3) is 4.47. The molecule has 2 amide bonds. The minimum Gasteiger partial charge on any atom is -0.491 e. The zero-order chi connectivity index (χ0) is 19.3. The van der Waals surface area contributed by atoms with Gasteiger partial charge in [0.2, 0.25) is 5.91 Å². The zero-order valence-electron chi connectivity index (χ0n) is 16.3. The molecular weight excluding hydrogens is 358 g/mol. The SMILES string of the molecule is O=C(c1ccc(OCC2CCCO2)cc1)N1CCCC(N2CCNCC2=O)C1. The molecule has 28 heavy (non-hydrogen) atoms. The number of carbonyl (C=O) groups is 2. The van der Waals surface area contributed by atoms with Gasteiger partial charge in [0.05, 0.1) is 12.6 Å². The fourth-order valence-corrected chi connectivity index (χ4v) is 4.24. The van der Waals surface area contributed by atoms with Gasteiger partial charge in [-0.1, -0.05) is 0 Å². The van der Waals surface area contributed by atoms with Crippen molar-refractivity contribution in [2.24, 2.45) is 0 Å². The maximum absolute atomic E-state index is 12.9. The topological polar surface area (TPSA) is 71.1 Å². The van der Waals surface area contributed by atoms with E-state index in [1.165, 1.54) is 0 Å². The van der Waals surface area contributed by atoms with Crippen molar-refractivity contribution in [1.29, 1.82) is 0 Å². The fourth-order valence-electron chi connectivity index (χ4n) is 4.24. The van der Waals surface area contributed by atoms with Gasteiger partial charge in [0.1, 0.15) is 12.4 Å². The van der Waals surface area contributed by atoms with E-state index in [0.29, 0.717) is 25.3 Å². The molecule has 0 spiro atoms. The molecule has 4 rings (SSSR count). The molecule has 2 atom stereocenters. The molecule has 1 aromatic rings. The van der Waals surface area contributed by atoms with Gasteiger partial charge in [0.15, 0.2) is 0 Å². The van der Waals surface area contributed by atoms with Crippen molar-refractivity contribution in [3.05, 3.63) is 29.8 Å². The summed E-state index contributed by atoms with van der Waals surface area (Å²) < 4.78 is 11.3. The van der Waals surface area contributed by atoms with E-state index in [2.05, 4.69) is 5.32 Å². The molecule has 3 aliphatic heterocycles. The molecule has 0 saturated carbocycles. The summed E-state index contributed by atoms with van der Waals surface area (Å²) in [7, 11) is 0. The Hall–Kier alpha value is -2.12. The molecule has 0 radical (unpaired) electrons. The zero-order valence-corrected chi connectivity index (χ0v) is 16.3. The number of carbonyl (C=O) groups excluding carboxylic acids is 2. The highest BCUT2D eigenvalue weighted by Crippen LogP contribution is 2.21. The lowest BCUT2D eigenvalue weighted by molar-refractivity contribution is -0.135. The van der Waals surface area contributed by atoms with Crippen molar-refractivity contribution < 1.29 is 19.1 Å². The van der Waals surface area contributed by atoms with Crippen LogP contribution in [-0.4, -0.2) is 79.7 Å². The molecule has 1 N–H and O–H groups in total. The molecule has 0 aliphatic carbocycles. The van der Waals surface area contributed by atoms with Crippen LogP contribution in [-0.2, 0) is 9.53 Å². The van der Waals surface area contributed by atoms with Gasteiger partial charge >= 0.3 is 0 Å². The Kier molecular flexibility index (Phi) is 6.12. The Morgan fingerprint density at radius 1 is 1.18 bits per heavy atom. The van der Waals surface area contributed by atoms with Crippen molar-refractivity contribution in [2.75, 3.05) is 45.9 Å². The van der Waals surface area contributed by atoms with E-state index in [9.17, 15) is 9.59 Å². The van der Waals surface area contributed by atoms with Gasteiger partial charge in [0, 0.05) is 44.4 Å². The molecule has 152 valence electrons. The lowest BCUT2D eigenvalue weighted by Crippen LogP contribution is -2.57. The van der Waals surface area contributed by atoms with Crippen LogP contribution in [0, 0.1) is 0 Å². The van der Waals surface area contributed by atoms with Gasteiger partial charge in [-0.15, -0.1) is 0 Å². The Labute approximate surface area is 166 Å². The average Bonchev–Trinajstić information content (AvgIpc) is 3.26. The molecule has 1 aromatic carbocycles. The van der Waals surface area contributed by atoms with E-state index < -0.39 is 0 Å². The predicted octanol–water partition coefficient (Wildman–Crippen LogP) is 1.28. The molecule has 0 aromatic heterocycles. The number of nitrogens with one attached hydrogen (secondary N) is 1. The standard InChI is InChI=1S/C21H29N3O4/c25-20-13-22-9-11-24(20)17-3-1-10-23(14-17)21(26)16-5-7-18(8-6-16)28-15-19-4-2-12-27-19/h5-8,17,19,22H,1-4,9-15H2. The van der Waals surface area contributed by atoms with Crippen LogP contribution < -0.4 is 10.1 Å². The molecule has 3 heterocycles. The third-order valence-corrected chi connectivity index (χ3v) is 5.81. The van der Waals surface area contributed by atoms with E-state index in [1.54, 1.807) is 0 Å². The summed E-state index contributed by atoms with van der Waals surface area (Å²) in [4.78, 5) is 28.9. The van der Waals surface area contributed by atoms with E-state index in [1.807, 2.05) is 34.1 Å². The van der Waals surface area contributed by atoms with Crippen molar-refractivity contribution in [3.8, 4) is 5.75 Å². The first-order chi connectivity index (χ1) is 13.7. The van der Waals surface area contributed by atoms with Crippen LogP contribution in [0.4, 0.5) is 0 Å². The summed E-state index contributed by atoms with van der Waals surface area (Å²) in [6.07, 6.45) is 4.21. The highest BCUT2D eigenvalue weighted by Gasteiger charge is 2.31. The molecule has 7 heteroatoms. The summed E-state index contributed by atoms with van der Waals surface area (Å²) in [6.45, 7) is 4.68. The number of piperazine rings is 1. The Bertz CT molecular complexity index is 687. The Balaban J connectivity index is 1.33. The number of amides is 2. The number of piperidine rings is 1. The normalized spacial score (nSPS) is 25.8. The van der Waals surface area contributed by atoms with Crippen LogP contribution in [0.15, 0.2) is 24.3 Å². The summed E-state index contributed by atoms with van der Waals surface area (Å²) in [5.41, 5.74) is 0.664. The van der Waals surface area contributed by atoms with Crippen LogP contribution in [0.2, 0.25) is 0 Å².